The van der Waals surface area contributed by atoms with E-state index in [1.54, 1.807) is 19.0 Å². The highest BCUT2D eigenvalue weighted by molar-refractivity contribution is 5.85. The minimum atomic E-state index is -0.0266. The Balaban J connectivity index is 1.87. The maximum atomic E-state index is 12.6. The molecule has 2 saturated heterocycles. The number of rotatable bonds is 6. The van der Waals surface area contributed by atoms with Gasteiger partial charge >= 0.3 is 0 Å². The molecule has 2 aliphatic heterocycles. The van der Waals surface area contributed by atoms with Gasteiger partial charge in [0.05, 0.1) is 6.54 Å². The highest BCUT2D eigenvalue weighted by atomic mass is 16.2. The fourth-order valence-electron chi connectivity index (χ4n) is 3.51. The fraction of sp³-hybridized carbons (Fsp3) is 0.762. The van der Waals surface area contributed by atoms with Crippen LogP contribution in [-0.2, 0) is 9.59 Å². The summed E-state index contributed by atoms with van der Waals surface area (Å²) in [5.41, 5.74) is 1.01. The molecule has 2 heterocycles. The summed E-state index contributed by atoms with van der Waals surface area (Å²) < 4.78 is 0. The topological polar surface area (TPSA) is 71.5 Å². The van der Waals surface area contributed by atoms with Gasteiger partial charge in [-0.1, -0.05) is 25.0 Å². The lowest BCUT2D eigenvalue weighted by Gasteiger charge is -2.37. The predicted octanol–water partition coefficient (Wildman–Crippen LogP) is 0.617. The zero-order chi connectivity index (χ0) is 21.2. The standard InChI is InChI=1S/C21H38N6O2/c1-18(2)15-22-21(23-16-19(28)24(3)4)27-13-11-25(12-14-27)17-20(29)26-9-7-5-6-8-10-26/h1,5-17H2,2-4H3,(H,22,23). The summed E-state index contributed by atoms with van der Waals surface area (Å²) in [6.07, 6.45) is 4.72. The first-order chi connectivity index (χ1) is 13.9. The molecule has 2 fully saturated rings. The van der Waals surface area contributed by atoms with Crippen LogP contribution in [0.4, 0.5) is 0 Å². The van der Waals surface area contributed by atoms with Crippen LogP contribution in [0, 0.1) is 0 Å². The van der Waals surface area contributed by atoms with E-state index in [1.165, 1.54) is 12.8 Å². The van der Waals surface area contributed by atoms with Crippen LogP contribution in [0.5, 0.6) is 0 Å². The second-order valence-electron chi connectivity index (χ2n) is 8.30. The van der Waals surface area contributed by atoms with Crippen LogP contribution in [-0.4, -0.2) is 110 Å². The van der Waals surface area contributed by atoms with Crippen molar-refractivity contribution in [1.29, 1.82) is 0 Å². The number of guanidine groups is 1. The van der Waals surface area contributed by atoms with Gasteiger partial charge < -0.3 is 20.0 Å². The van der Waals surface area contributed by atoms with Crippen molar-refractivity contribution in [1.82, 2.24) is 24.9 Å². The molecule has 0 bridgehead atoms. The average molecular weight is 407 g/mol. The number of likely N-dealkylation sites (N-methyl/N-ethyl adjacent to an activating group) is 1. The zero-order valence-electron chi connectivity index (χ0n) is 18.5. The molecule has 8 nitrogen and oxygen atoms in total. The highest BCUT2D eigenvalue weighted by Crippen LogP contribution is 2.11. The summed E-state index contributed by atoms with van der Waals surface area (Å²) in [4.78, 5) is 37.0. The largest absolute Gasteiger partial charge is 0.353 e. The lowest BCUT2D eigenvalue weighted by molar-refractivity contribution is -0.132. The van der Waals surface area contributed by atoms with Crippen LogP contribution in [0.2, 0.25) is 0 Å². The number of likely N-dealkylation sites (tertiary alicyclic amines) is 1. The first-order valence-corrected chi connectivity index (χ1v) is 10.7. The van der Waals surface area contributed by atoms with Crippen molar-refractivity contribution < 1.29 is 9.59 Å². The van der Waals surface area contributed by atoms with Crippen molar-refractivity contribution in [3.63, 3.8) is 0 Å². The number of piperazine rings is 1. The van der Waals surface area contributed by atoms with Gasteiger partial charge in [0.1, 0.15) is 6.54 Å². The highest BCUT2D eigenvalue weighted by Gasteiger charge is 2.24. The first-order valence-electron chi connectivity index (χ1n) is 10.7. The Kier molecular flexibility index (Phi) is 9.44. The molecule has 0 atom stereocenters. The van der Waals surface area contributed by atoms with Crippen molar-refractivity contribution in [3.8, 4) is 0 Å². The number of hydrogen-bond donors (Lipinski definition) is 1. The second kappa shape index (κ2) is 11.8. The smallest absolute Gasteiger partial charge is 0.243 e. The van der Waals surface area contributed by atoms with E-state index >= 15 is 0 Å². The second-order valence-corrected chi connectivity index (χ2v) is 8.30. The first kappa shape index (κ1) is 23.2. The van der Waals surface area contributed by atoms with Crippen molar-refractivity contribution >= 4 is 17.8 Å². The molecule has 0 spiro atoms. The summed E-state index contributed by atoms with van der Waals surface area (Å²) in [5, 5.41) is 3.31. The van der Waals surface area contributed by atoms with E-state index in [1.807, 2.05) is 11.8 Å². The van der Waals surface area contributed by atoms with E-state index in [0.29, 0.717) is 13.1 Å². The molecule has 1 N–H and O–H groups in total. The van der Waals surface area contributed by atoms with Gasteiger partial charge in [0.25, 0.3) is 0 Å². The number of aliphatic imine (C=N–C) groups is 1. The van der Waals surface area contributed by atoms with Gasteiger partial charge in [-0.05, 0) is 19.8 Å². The Morgan fingerprint density at radius 1 is 0.966 bits per heavy atom. The molecular formula is C21H38N6O2. The van der Waals surface area contributed by atoms with Crippen LogP contribution < -0.4 is 5.32 Å². The summed E-state index contributed by atoms with van der Waals surface area (Å²) in [5.74, 6) is 0.967. The quantitative estimate of drug-likeness (QED) is 0.398. The van der Waals surface area contributed by atoms with Crippen LogP contribution in [0.1, 0.15) is 32.6 Å². The Labute approximate surface area is 175 Å². The average Bonchev–Trinajstić information content (AvgIpc) is 2.98. The summed E-state index contributed by atoms with van der Waals surface area (Å²) in [6, 6.07) is 0. The van der Waals surface area contributed by atoms with Crippen LogP contribution >= 0.6 is 0 Å². The van der Waals surface area contributed by atoms with Gasteiger partial charge in [-0.25, -0.2) is 4.99 Å². The van der Waals surface area contributed by atoms with Gasteiger partial charge in [0.15, 0.2) is 5.96 Å². The molecule has 0 aliphatic carbocycles. The van der Waals surface area contributed by atoms with Crippen molar-refractivity contribution in [2.75, 3.05) is 73.0 Å². The van der Waals surface area contributed by atoms with Crippen molar-refractivity contribution in [3.05, 3.63) is 12.2 Å². The zero-order valence-corrected chi connectivity index (χ0v) is 18.5. The maximum Gasteiger partial charge on any atom is 0.243 e. The summed E-state index contributed by atoms with van der Waals surface area (Å²) >= 11 is 0. The molecule has 0 radical (unpaired) electrons. The normalized spacial score (nSPS) is 18.9. The number of amides is 2. The lowest BCUT2D eigenvalue weighted by atomic mass is 10.2. The van der Waals surface area contributed by atoms with E-state index in [-0.39, 0.29) is 18.4 Å². The third-order valence-corrected chi connectivity index (χ3v) is 5.40. The molecule has 0 unspecified atom stereocenters. The van der Waals surface area contributed by atoms with Gasteiger partial charge in [-0.3, -0.25) is 14.5 Å². The van der Waals surface area contributed by atoms with E-state index in [9.17, 15) is 9.59 Å². The van der Waals surface area contributed by atoms with Gasteiger partial charge in [-0.15, -0.1) is 0 Å². The van der Waals surface area contributed by atoms with Gasteiger partial charge in [-0.2, -0.15) is 0 Å². The molecule has 29 heavy (non-hydrogen) atoms. The van der Waals surface area contributed by atoms with Crippen LogP contribution in [0.25, 0.3) is 0 Å². The molecule has 2 amide bonds. The number of nitrogens with one attached hydrogen (secondary N) is 1. The third kappa shape index (κ3) is 8.04. The summed E-state index contributed by atoms with van der Waals surface area (Å²) in [6.45, 7) is 12.1. The molecule has 164 valence electrons. The van der Waals surface area contributed by atoms with Crippen molar-refractivity contribution in [2.24, 2.45) is 4.99 Å². The molecule has 0 aromatic heterocycles. The van der Waals surface area contributed by atoms with Crippen LogP contribution in [0.3, 0.4) is 0 Å². The minimum absolute atomic E-state index is 0.0266. The molecule has 0 aromatic carbocycles. The molecule has 0 aromatic rings. The van der Waals surface area contributed by atoms with Crippen molar-refractivity contribution in [2.45, 2.75) is 32.6 Å². The monoisotopic (exact) mass is 406 g/mol. The molecule has 8 heteroatoms. The number of hydrogen-bond acceptors (Lipinski definition) is 4. The van der Waals surface area contributed by atoms with E-state index in [4.69, 9.17) is 0 Å². The Hall–Kier alpha value is -2.09. The Morgan fingerprint density at radius 2 is 1.59 bits per heavy atom. The molecular weight excluding hydrogens is 368 g/mol. The number of nitrogens with zero attached hydrogens (tertiary/aromatic N) is 5. The molecule has 2 rings (SSSR count). The van der Waals surface area contributed by atoms with E-state index < -0.39 is 0 Å². The van der Waals surface area contributed by atoms with Crippen LogP contribution in [0.15, 0.2) is 17.1 Å². The predicted molar refractivity (Wildman–Crippen MR) is 117 cm³/mol. The van der Waals surface area contributed by atoms with Gasteiger partial charge in [0.2, 0.25) is 11.8 Å². The number of carbonyl (C=O) groups is 2. The number of carbonyl (C=O) groups excluding carboxylic acids is 2. The summed E-state index contributed by atoms with van der Waals surface area (Å²) in [7, 11) is 3.47. The third-order valence-electron chi connectivity index (χ3n) is 5.40. The Morgan fingerprint density at radius 3 is 2.14 bits per heavy atom. The Bertz CT molecular complexity index is 588. The maximum absolute atomic E-state index is 12.6. The molecule has 0 saturated carbocycles. The minimum Gasteiger partial charge on any atom is -0.353 e. The van der Waals surface area contributed by atoms with E-state index in [0.717, 1.165) is 63.6 Å². The lowest BCUT2D eigenvalue weighted by Crippen LogP contribution is -2.54. The van der Waals surface area contributed by atoms with Gasteiger partial charge in [0, 0.05) is 59.9 Å². The molecule has 2 aliphatic rings. The van der Waals surface area contributed by atoms with E-state index in [2.05, 4.69) is 26.7 Å². The SMILES string of the molecule is C=C(C)CNC(=NCC(=O)N(C)C)N1CCN(CC(=O)N2CCCCCC2)CC1. The fourth-order valence-corrected chi connectivity index (χ4v) is 3.51.